The van der Waals surface area contributed by atoms with Crippen LogP contribution >= 0.6 is 0 Å². The van der Waals surface area contributed by atoms with Crippen molar-refractivity contribution in [3.05, 3.63) is 24.2 Å². The number of likely N-dealkylation sites (tertiary alicyclic amines) is 1. The highest BCUT2D eigenvalue weighted by Crippen LogP contribution is 2.34. The first kappa shape index (κ1) is 21.6. The Morgan fingerprint density at radius 2 is 2.00 bits per heavy atom. The van der Waals surface area contributed by atoms with Gasteiger partial charge in [0, 0.05) is 25.2 Å². The van der Waals surface area contributed by atoms with Crippen molar-refractivity contribution < 1.29 is 37.0 Å². The van der Waals surface area contributed by atoms with E-state index in [0.717, 1.165) is 44.9 Å². The van der Waals surface area contributed by atoms with Gasteiger partial charge in [-0.05, 0) is 50.1 Å². The number of fused-ring (bicyclic) bond motifs is 1. The summed E-state index contributed by atoms with van der Waals surface area (Å²) in [4.78, 5) is 23.5. The molecule has 10 heteroatoms. The van der Waals surface area contributed by atoms with Crippen LogP contribution in [-0.2, 0) is 20.9 Å². The van der Waals surface area contributed by atoms with Crippen LogP contribution in [-0.4, -0.2) is 59.9 Å². The molecule has 3 atom stereocenters. The standard InChI is InChI=1S/C17H24N2O3.C2HF3O2/c20-17(18-8-12-1-2-12)15-7-14-3-5-19(10-16(14)22-15)9-13-4-6-21-11-13;3-2(4,5)1(6)7/h4,6,11-12,14-16H,1-3,5,7-10H2,(H,18,20);(H,6,7)/t14-,15-,16+;/m0./s1. The summed E-state index contributed by atoms with van der Waals surface area (Å²) in [6.07, 6.45) is 2.94. The fourth-order valence-electron chi connectivity index (χ4n) is 3.63. The number of halogens is 3. The lowest BCUT2D eigenvalue weighted by Gasteiger charge is -2.33. The van der Waals surface area contributed by atoms with Crippen LogP contribution in [0.5, 0.6) is 0 Å². The van der Waals surface area contributed by atoms with Crippen molar-refractivity contribution in [2.24, 2.45) is 11.8 Å². The van der Waals surface area contributed by atoms with Crippen molar-refractivity contribution in [3.63, 3.8) is 0 Å². The van der Waals surface area contributed by atoms with Gasteiger partial charge in [0.25, 0.3) is 0 Å². The Hall–Kier alpha value is -2.07. The van der Waals surface area contributed by atoms with E-state index < -0.39 is 12.1 Å². The molecule has 1 amide bonds. The molecule has 0 radical (unpaired) electrons. The van der Waals surface area contributed by atoms with Crippen molar-refractivity contribution in [2.45, 2.75) is 50.6 Å². The summed E-state index contributed by atoms with van der Waals surface area (Å²) >= 11 is 0. The summed E-state index contributed by atoms with van der Waals surface area (Å²) in [7, 11) is 0. The SMILES string of the molecule is O=C(NCC1CC1)[C@@H]1C[C@@H]2CCN(Cc3ccoc3)C[C@H]2O1.O=C(O)C(F)(F)F. The predicted octanol–water partition coefficient (Wildman–Crippen LogP) is 2.42. The smallest absolute Gasteiger partial charge is 0.475 e. The zero-order chi connectivity index (χ0) is 21.0. The summed E-state index contributed by atoms with van der Waals surface area (Å²) in [6.45, 7) is 3.73. The molecule has 1 aromatic heterocycles. The van der Waals surface area contributed by atoms with Crippen molar-refractivity contribution >= 4 is 11.9 Å². The third-order valence-electron chi connectivity index (χ3n) is 5.42. The summed E-state index contributed by atoms with van der Waals surface area (Å²) in [5, 5.41) is 10.2. The third kappa shape index (κ3) is 6.46. The van der Waals surface area contributed by atoms with Gasteiger partial charge in [0.15, 0.2) is 0 Å². The van der Waals surface area contributed by atoms with Crippen molar-refractivity contribution in [2.75, 3.05) is 19.6 Å². The molecular formula is C19H25F3N2O5. The Morgan fingerprint density at radius 1 is 1.28 bits per heavy atom. The van der Waals surface area contributed by atoms with Gasteiger partial charge in [-0.3, -0.25) is 9.69 Å². The molecule has 162 valence electrons. The van der Waals surface area contributed by atoms with Gasteiger partial charge in [0.2, 0.25) is 5.91 Å². The number of nitrogens with one attached hydrogen (secondary N) is 1. The van der Waals surface area contributed by atoms with Gasteiger partial charge < -0.3 is 19.6 Å². The highest BCUT2D eigenvalue weighted by atomic mass is 19.4. The van der Waals surface area contributed by atoms with E-state index in [0.29, 0.717) is 5.92 Å². The molecule has 3 aliphatic rings. The first-order valence-electron chi connectivity index (χ1n) is 9.69. The summed E-state index contributed by atoms with van der Waals surface area (Å²) < 4.78 is 42.9. The van der Waals surface area contributed by atoms with Crippen molar-refractivity contribution in [1.29, 1.82) is 0 Å². The molecule has 4 rings (SSSR count). The maximum atomic E-state index is 12.2. The topological polar surface area (TPSA) is 92.0 Å². The number of carboxylic acids is 1. The number of furan rings is 1. The molecular weight excluding hydrogens is 393 g/mol. The minimum absolute atomic E-state index is 0.0997. The lowest BCUT2D eigenvalue weighted by atomic mass is 9.91. The zero-order valence-corrected chi connectivity index (χ0v) is 15.9. The molecule has 0 spiro atoms. The number of hydrogen-bond acceptors (Lipinski definition) is 5. The van der Waals surface area contributed by atoms with Gasteiger partial charge >= 0.3 is 12.1 Å². The first-order chi connectivity index (χ1) is 13.7. The largest absolute Gasteiger partial charge is 0.490 e. The summed E-state index contributed by atoms with van der Waals surface area (Å²) in [5.74, 6) is -1.40. The fraction of sp³-hybridized carbons (Fsp3) is 0.684. The minimum Gasteiger partial charge on any atom is -0.475 e. The quantitative estimate of drug-likeness (QED) is 0.763. The molecule has 7 nitrogen and oxygen atoms in total. The Kier molecular flexibility index (Phi) is 6.84. The Labute approximate surface area is 166 Å². The van der Waals surface area contributed by atoms with Gasteiger partial charge in [-0.15, -0.1) is 0 Å². The molecule has 2 saturated heterocycles. The van der Waals surface area contributed by atoms with Crippen LogP contribution in [0.4, 0.5) is 13.2 Å². The van der Waals surface area contributed by atoms with E-state index >= 15 is 0 Å². The monoisotopic (exact) mass is 418 g/mol. The third-order valence-corrected chi connectivity index (χ3v) is 5.42. The second-order valence-electron chi connectivity index (χ2n) is 7.81. The molecule has 0 aromatic carbocycles. The highest BCUT2D eigenvalue weighted by Gasteiger charge is 2.42. The number of carbonyl (C=O) groups excluding carboxylic acids is 1. The molecule has 1 saturated carbocycles. The van der Waals surface area contributed by atoms with E-state index in [4.69, 9.17) is 19.1 Å². The predicted molar refractivity (Wildman–Crippen MR) is 94.8 cm³/mol. The molecule has 1 aliphatic carbocycles. The summed E-state index contributed by atoms with van der Waals surface area (Å²) in [6, 6.07) is 2.01. The van der Waals surface area contributed by atoms with E-state index in [1.165, 1.54) is 18.4 Å². The molecule has 1 aromatic rings. The average Bonchev–Trinajstić information content (AvgIpc) is 3.16. The number of carboxylic acid groups (broad SMARTS) is 1. The van der Waals surface area contributed by atoms with Crippen LogP contribution in [0, 0.1) is 11.8 Å². The maximum absolute atomic E-state index is 12.2. The molecule has 29 heavy (non-hydrogen) atoms. The lowest BCUT2D eigenvalue weighted by molar-refractivity contribution is -0.192. The minimum atomic E-state index is -5.08. The van der Waals surface area contributed by atoms with E-state index in [-0.39, 0.29) is 18.1 Å². The van der Waals surface area contributed by atoms with Gasteiger partial charge in [-0.2, -0.15) is 13.2 Å². The van der Waals surface area contributed by atoms with Crippen LogP contribution in [0.3, 0.4) is 0 Å². The fourth-order valence-corrected chi connectivity index (χ4v) is 3.63. The molecule has 2 aliphatic heterocycles. The number of alkyl halides is 3. The Morgan fingerprint density at radius 3 is 2.59 bits per heavy atom. The van der Waals surface area contributed by atoms with Gasteiger partial charge in [-0.1, -0.05) is 0 Å². The van der Waals surface area contributed by atoms with Gasteiger partial charge in [0.1, 0.15) is 6.10 Å². The molecule has 3 heterocycles. The Balaban J connectivity index is 0.000000298. The number of piperidine rings is 1. The highest BCUT2D eigenvalue weighted by molar-refractivity contribution is 5.81. The molecule has 0 bridgehead atoms. The maximum Gasteiger partial charge on any atom is 0.490 e. The van der Waals surface area contributed by atoms with E-state index in [1.54, 1.807) is 12.5 Å². The number of nitrogens with zero attached hydrogens (tertiary/aromatic N) is 1. The van der Waals surface area contributed by atoms with Crippen LogP contribution < -0.4 is 5.32 Å². The number of ether oxygens (including phenoxy) is 1. The Bertz CT molecular complexity index is 691. The average molecular weight is 418 g/mol. The summed E-state index contributed by atoms with van der Waals surface area (Å²) in [5.41, 5.74) is 1.20. The lowest BCUT2D eigenvalue weighted by Crippen LogP contribution is -2.42. The zero-order valence-electron chi connectivity index (χ0n) is 15.9. The van der Waals surface area contributed by atoms with Crippen molar-refractivity contribution in [3.8, 4) is 0 Å². The second-order valence-corrected chi connectivity index (χ2v) is 7.81. The first-order valence-corrected chi connectivity index (χ1v) is 9.69. The number of aliphatic carboxylic acids is 1. The van der Waals surface area contributed by atoms with E-state index in [1.807, 2.05) is 6.07 Å². The molecule has 3 fully saturated rings. The number of carbonyl (C=O) groups is 2. The van der Waals surface area contributed by atoms with Crippen LogP contribution in [0.2, 0.25) is 0 Å². The van der Waals surface area contributed by atoms with Crippen LogP contribution in [0.25, 0.3) is 0 Å². The second kappa shape index (κ2) is 9.17. The number of amides is 1. The van der Waals surface area contributed by atoms with Gasteiger partial charge in [0.05, 0.1) is 18.6 Å². The van der Waals surface area contributed by atoms with E-state index in [2.05, 4.69) is 10.2 Å². The van der Waals surface area contributed by atoms with Crippen molar-refractivity contribution in [1.82, 2.24) is 10.2 Å². The molecule has 2 N–H and O–H groups in total. The number of hydrogen-bond donors (Lipinski definition) is 2. The molecule has 0 unspecified atom stereocenters. The van der Waals surface area contributed by atoms with Crippen LogP contribution in [0.1, 0.15) is 31.2 Å². The number of rotatable bonds is 5. The van der Waals surface area contributed by atoms with E-state index in [9.17, 15) is 18.0 Å². The van der Waals surface area contributed by atoms with Crippen LogP contribution in [0.15, 0.2) is 23.0 Å². The van der Waals surface area contributed by atoms with Gasteiger partial charge in [-0.25, -0.2) is 4.79 Å². The normalized spacial score (nSPS) is 26.9.